The maximum Gasteiger partial charge on any atom is 0.338 e. The first-order valence-corrected chi connectivity index (χ1v) is 8.56. The number of amides is 1. The number of ether oxygens (including phenoxy) is 1. The lowest BCUT2D eigenvalue weighted by Gasteiger charge is -2.14. The zero-order valence-electron chi connectivity index (χ0n) is 13.6. The van der Waals surface area contributed by atoms with Crippen LogP contribution in [0.25, 0.3) is 6.08 Å². The van der Waals surface area contributed by atoms with Crippen LogP contribution in [-0.2, 0) is 9.53 Å². The van der Waals surface area contributed by atoms with E-state index in [1.165, 1.54) is 4.90 Å². The van der Waals surface area contributed by atoms with Crippen LogP contribution in [0.3, 0.4) is 0 Å². The minimum Gasteiger partial charge on any atom is -0.462 e. The van der Waals surface area contributed by atoms with Crippen molar-refractivity contribution in [2.45, 2.75) is 6.92 Å². The molecule has 2 aromatic rings. The van der Waals surface area contributed by atoms with E-state index >= 15 is 0 Å². The highest BCUT2D eigenvalue weighted by atomic mass is 32.2. The van der Waals surface area contributed by atoms with Crippen LogP contribution in [0.2, 0.25) is 0 Å². The van der Waals surface area contributed by atoms with Crippen molar-refractivity contribution in [1.82, 2.24) is 0 Å². The van der Waals surface area contributed by atoms with Crippen LogP contribution in [0.5, 0.6) is 0 Å². The lowest BCUT2D eigenvalue weighted by Crippen LogP contribution is -2.28. The Morgan fingerprint density at radius 2 is 1.84 bits per heavy atom. The van der Waals surface area contributed by atoms with Crippen LogP contribution < -0.4 is 4.90 Å². The molecule has 1 aliphatic heterocycles. The molecule has 0 aliphatic carbocycles. The summed E-state index contributed by atoms with van der Waals surface area (Å²) in [4.78, 5) is 26.2. The molecule has 0 bridgehead atoms. The van der Waals surface area contributed by atoms with E-state index in [1.54, 1.807) is 37.3 Å². The predicted octanol–water partition coefficient (Wildman–Crippen LogP) is 3.92. The average Bonchev–Trinajstić information content (AvgIpc) is 2.90. The third-order valence-corrected chi connectivity index (χ3v) is 4.45. The van der Waals surface area contributed by atoms with Gasteiger partial charge in [-0.1, -0.05) is 30.3 Å². The quantitative estimate of drug-likeness (QED) is 0.669. The standard InChI is InChI=1S/C19H16N2O3S/c1-2-24-18(23)14-8-10-15(11-9-14)21-17(22)16(25-19(21)20)12-13-6-4-3-5-7-13/h3-12,20H,2H2,1H3/b16-12-,20-19?. The van der Waals surface area contributed by atoms with Gasteiger partial charge in [0.1, 0.15) is 0 Å². The van der Waals surface area contributed by atoms with Crippen LogP contribution in [-0.4, -0.2) is 23.7 Å². The van der Waals surface area contributed by atoms with Gasteiger partial charge in [-0.3, -0.25) is 15.1 Å². The summed E-state index contributed by atoms with van der Waals surface area (Å²) in [7, 11) is 0. The highest BCUT2D eigenvalue weighted by Gasteiger charge is 2.33. The lowest BCUT2D eigenvalue weighted by atomic mass is 10.2. The van der Waals surface area contributed by atoms with Crippen molar-refractivity contribution in [3.8, 4) is 0 Å². The molecule has 0 spiro atoms. The van der Waals surface area contributed by atoms with Gasteiger partial charge in [-0.05, 0) is 54.6 Å². The van der Waals surface area contributed by atoms with E-state index in [-0.39, 0.29) is 11.1 Å². The SMILES string of the molecule is CCOC(=O)c1ccc(N2C(=N)S/C(=C\c3ccccc3)C2=O)cc1. The van der Waals surface area contributed by atoms with Gasteiger partial charge >= 0.3 is 5.97 Å². The van der Waals surface area contributed by atoms with Gasteiger partial charge in [0.15, 0.2) is 5.17 Å². The van der Waals surface area contributed by atoms with E-state index in [2.05, 4.69) is 0 Å². The van der Waals surface area contributed by atoms with E-state index in [9.17, 15) is 9.59 Å². The molecule has 3 rings (SSSR count). The maximum absolute atomic E-state index is 12.6. The number of esters is 1. The van der Waals surface area contributed by atoms with Crippen LogP contribution in [0.15, 0.2) is 59.5 Å². The van der Waals surface area contributed by atoms with Crippen molar-refractivity contribution in [2.75, 3.05) is 11.5 Å². The highest BCUT2D eigenvalue weighted by molar-refractivity contribution is 8.19. The number of carbonyl (C=O) groups is 2. The highest BCUT2D eigenvalue weighted by Crippen LogP contribution is 2.35. The Labute approximate surface area is 149 Å². The largest absolute Gasteiger partial charge is 0.462 e. The number of nitrogens with zero attached hydrogens (tertiary/aromatic N) is 1. The summed E-state index contributed by atoms with van der Waals surface area (Å²) in [6.45, 7) is 2.05. The first-order valence-electron chi connectivity index (χ1n) is 7.75. The summed E-state index contributed by atoms with van der Waals surface area (Å²) in [5.74, 6) is -0.654. The van der Waals surface area contributed by atoms with E-state index in [0.29, 0.717) is 22.8 Å². The van der Waals surface area contributed by atoms with Crippen molar-refractivity contribution in [1.29, 1.82) is 5.41 Å². The van der Waals surface area contributed by atoms with Gasteiger partial charge in [-0.25, -0.2) is 4.79 Å². The number of hydrogen-bond donors (Lipinski definition) is 1. The van der Waals surface area contributed by atoms with Crippen molar-refractivity contribution in [3.63, 3.8) is 0 Å². The lowest BCUT2D eigenvalue weighted by molar-refractivity contribution is -0.113. The molecule has 1 fully saturated rings. The molecule has 126 valence electrons. The number of hydrogen-bond acceptors (Lipinski definition) is 5. The van der Waals surface area contributed by atoms with Crippen LogP contribution in [0.4, 0.5) is 5.69 Å². The number of benzene rings is 2. The number of nitrogens with one attached hydrogen (secondary N) is 1. The monoisotopic (exact) mass is 352 g/mol. The number of amidine groups is 1. The smallest absolute Gasteiger partial charge is 0.338 e. The molecule has 1 saturated heterocycles. The van der Waals surface area contributed by atoms with Gasteiger partial charge < -0.3 is 4.74 Å². The topological polar surface area (TPSA) is 70.5 Å². The number of thioether (sulfide) groups is 1. The molecule has 0 atom stereocenters. The minimum atomic E-state index is -0.407. The van der Waals surface area contributed by atoms with Gasteiger partial charge in [0.05, 0.1) is 22.8 Å². The van der Waals surface area contributed by atoms with Gasteiger partial charge in [0, 0.05) is 0 Å². The second-order valence-corrected chi connectivity index (χ2v) is 6.27. The second kappa shape index (κ2) is 7.36. The summed E-state index contributed by atoms with van der Waals surface area (Å²) in [5, 5.41) is 8.24. The average molecular weight is 352 g/mol. The number of carbonyl (C=O) groups excluding carboxylic acids is 2. The molecule has 0 unspecified atom stereocenters. The molecule has 25 heavy (non-hydrogen) atoms. The molecule has 1 N–H and O–H groups in total. The fourth-order valence-corrected chi connectivity index (χ4v) is 3.24. The summed E-state index contributed by atoms with van der Waals surface area (Å²) in [6, 6.07) is 16.0. The van der Waals surface area contributed by atoms with Gasteiger partial charge in [-0.2, -0.15) is 0 Å². The zero-order chi connectivity index (χ0) is 17.8. The molecule has 1 amide bonds. The molecule has 1 aliphatic rings. The normalized spacial score (nSPS) is 15.7. The molecule has 0 aromatic heterocycles. The molecular weight excluding hydrogens is 336 g/mol. The molecule has 6 heteroatoms. The zero-order valence-corrected chi connectivity index (χ0v) is 14.4. The second-order valence-electron chi connectivity index (χ2n) is 5.23. The van der Waals surface area contributed by atoms with E-state index in [4.69, 9.17) is 10.1 Å². The fourth-order valence-electron chi connectivity index (χ4n) is 2.38. The third kappa shape index (κ3) is 3.64. The van der Waals surface area contributed by atoms with E-state index in [0.717, 1.165) is 17.3 Å². The Bertz CT molecular complexity index is 845. The minimum absolute atomic E-state index is 0.135. The first-order chi connectivity index (χ1) is 12.1. The Morgan fingerprint density at radius 1 is 1.16 bits per heavy atom. The Morgan fingerprint density at radius 3 is 2.48 bits per heavy atom. The van der Waals surface area contributed by atoms with Crippen LogP contribution in [0.1, 0.15) is 22.8 Å². The molecular formula is C19H16N2O3S. The van der Waals surface area contributed by atoms with Crippen LogP contribution >= 0.6 is 11.8 Å². The maximum atomic E-state index is 12.6. The van der Waals surface area contributed by atoms with E-state index < -0.39 is 5.97 Å². The van der Waals surface area contributed by atoms with Gasteiger partial charge in [0.25, 0.3) is 5.91 Å². The molecule has 0 radical (unpaired) electrons. The van der Waals surface area contributed by atoms with E-state index in [1.807, 2.05) is 30.3 Å². The van der Waals surface area contributed by atoms with Crippen molar-refractivity contribution in [2.24, 2.45) is 0 Å². The van der Waals surface area contributed by atoms with Gasteiger partial charge in [-0.15, -0.1) is 0 Å². The van der Waals surface area contributed by atoms with Gasteiger partial charge in [0.2, 0.25) is 0 Å². The molecule has 5 nitrogen and oxygen atoms in total. The molecule has 1 heterocycles. The third-order valence-electron chi connectivity index (χ3n) is 3.56. The molecule has 0 saturated carbocycles. The summed E-state index contributed by atoms with van der Waals surface area (Å²) >= 11 is 1.12. The summed E-state index contributed by atoms with van der Waals surface area (Å²) in [6.07, 6.45) is 1.77. The Hall–Kier alpha value is -2.86. The van der Waals surface area contributed by atoms with Crippen molar-refractivity contribution >= 4 is 40.6 Å². The van der Waals surface area contributed by atoms with Crippen molar-refractivity contribution in [3.05, 3.63) is 70.6 Å². The Kier molecular flexibility index (Phi) is 5.00. The Balaban J connectivity index is 1.83. The summed E-state index contributed by atoms with van der Waals surface area (Å²) < 4.78 is 4.94. The fraction of sp³-hybridized carbons (Fsp3) is 0.105. The number of anilines is 1. The van der Waals surface area contributed by atoms with Crippen LogP contribution in [0, 0.1) is 5.41 Å². The summed E-state index contributed by atoms with van der Waals surface area (Å²) in [5.41, 5.74) is 1.87. The number of rotatable bonds is 4. The first kappa shape index (κ1) is 17.0. The van der Waals surface area contributed by atoms with Crippen molar-refractivity contribution < 1.29 is 14.3 Å². The molecule has 2 aromatic carbocycles. The predicted molar refractivity (Wildman–Crippen MR) is 99.6 cm³/mol.